The summed E-state index contributed by atoms with van der Waals surface area (Å²) in [5.74, 6) is 2.51. The van der Waals surface area contributed by atoms with Gasteiger partial charge in [0.1, 0.15) is 0 Å². The molecule has 2 aliphatic rings. The average molecular weight is 223 g/mol. The van der Waals surface area contributed by atoms with Gasteiger partial charge in [0.25, 0.3) is 0 Å². The van der Waals surface area contributed by atoms with Gasteiger partial charge in [-0.1, -0.05) is 39.5 Å². The Kier molecular flexibility index (Phi) is 3.94. The summed E-state index contributed by atoms with van der Waals surface area (Å²) in [6.07, 6.45) is 12.5. The van der Waals surface area contributed by atoms with Crippen LogP contribution in [0.2, 0.25) is 0 Å². The van der Waals surface area contributed by atoms with E-state index in [4.69, 9.17) is 5.73 Å². The van der Waals surface area contributed by atoms with E-state index in [-0.39, 0.29) is 5.54 Å². The van der Waals surface area contributed by atoms with Crippen LogP contribution < -0.4 is 5.73 Å². The van der Waals surface area contributed by atoms with Gasteiger partial charge in [-0.15, -0.1) is 0 Å². The maximum atomic E-state index is 6.78. The van der Waals surface area contributed by atoms with Crippen molar-refractivity contribution < 1.29 is 0 Å². The molecule has 2 aliphatic carbocycles. The van der Waals surface area contributed by atoms with Crippen LogP contribution in [0.4, 0.5) is 0 Å². The molecule has 0 heterocycles. The van der Waals surface area contributed by atoms with Gasteiger partial charge in [-0.05, 0) is 49.9 Å². The van der Waals surface area contributed by atoms with Gasteiger partial charge >= 0.3 is 0 Å². The molecule has 1 heteroatoms. The molecule has 2 unspecified atom stereocenters. The molecule has 0 aromatic heterocycles. The Morgan fingerprint density at radius 1 is 0.875 bits per heavy atom. The first-order valence-corrected chi connectivity index (χ1v) is 7.39. The van der Waals surface area contributed by atoms with Crippen molar-refractivity contribution >= 4 is 0 Å². The first kappa shape index (κ1) is 12.4. The maximum absolute atomic E-state index is 6.78. The van der Waals surface area contributed by atoms with E-state index < -0.39 is 0 Å². The van der Waals surface area contributed by atoms with Crippen molar-refractivity contribution in [3.63, 3.8) is 0 Å². The molecule has 16 heavy (non-hydrogen) atoms. The summed E-state index contributed by atoms with van der Waals surface area (Å²) in [5.41, 5.74) is 6.97. The van der Waals surface area contributed by atoms with Gasteiger partial charge in [0, 0.05) is 5.54 Å². The van der Waals surface area contributed by atoms with Crippen LogP contribution in [0.15, 0.2) is 0 Å². The van der Waals surface area contributed by atoms with Crippen molar-refractivity contribution in [3.8, 4) is 0 Å². The lowest BCUT2D eigenvalue weighted by atomic mass is 9.65. The Hall–Kier alpha value is -0.0400. The summed E-state index contributed by atoms with van der Waals surface area (Å²) >= 11 is 0. The molecule has 2 atom stereocenters. The van der Waals surface area contributed by atoms with Crippen molar-refractivity contribution in [2.45, 2.75) is 77.2 Å². The standard InChI is InChI=1S/C15H29N/c1-12-9-13(2)11-15(16,10-12)14-7-5-3-4-6-8-14/h12-14H,3-11,16H2,1-2H3. The molecule has 1 nitrogen and oxygen atoms in total. The third kappa shape index (κ3) is 2.80. The van der Waals surface area contributed by atoms with Crippen LogP contribution in [-0.4, -0.2) is 5.54 Å². The Balaban J connectivity index is 2.03. The van der Waals surface area contributed by atoms with E-state index in [2.05, 4.69) is 13.8 Å². The highest BCUT2D eigenvalue weighted by atomic mass is 14.8. The van der Waals surface area contributed by atoms with E-state index in [1.165, 1.54) is 57.8 Å². The van der Waals surface area contributed by atoms with E-state index in [0.29, 0.717) is 0 Å². The molecule has 0 radical (unpaired) electrons. The second-order valence-corrected chi connectivity index (χ2v) is 6.78. The Morgan fingerprint density at radius 3 is 1.88 bits per heavy atom. The van der Waals surface area contributed by atoms with E-state index in [1.807, 2.05) is 0 Å². The fourth-order valence-corrected chi connectivity index (χ4v) is 4.42. The predicted octanol–water partition coefficient (Wildman–Crippen LogP) is 4.11. The normalized spacial score (nSPS) is 42.9. The first-order valence-electron chi connectivity index (χ1n) is 7.39. The summed E-state index contributed by atoms with van der Waals surface area (Å²) < 4.78 is 0. The molecule has 2 saturated carbocycles. The highest BCUT2D eigenvalue weighted by Crippen LogP contribution is 2.43. The van der Waals surface area contributed by atoms with Gasteiger partial charge in [-0.3, -0.25) is 0 Å². The van der Waals surface area contributed by atoms with Crippen LogP contribution in [-0.2, 0) is 0 Å². The topological polar surface area (TPSA) is 26.0 Å². The zero-order valence-electron chi connectivity index (χ0n) is 11.2. The van der Waals surface area contributed by atoms with Gasteiger partial charge in [0.2, 0.25) is 0 Å². The minimum absolute atomic E-state index is 0.182. The summed E-state index contributed by atoms with van der Waals surface area (Å²) in [5, 5.41) is 0. The third-order valence-electron chi connectivity index (χ3n) is 4.93. The Labute approximate surface area is 101 Å². The maximum Gasteiger partial charge on any atom is 0.0187 e. The van der Waals surface area contributed by atoms with Gasteiger partial charge in [-0.2, -0.15) is 0 Å². The lowest BCUT2D eigenvalue weighted by Crippen LogP contribution is -2.52. The van der Waals surface area contributed by atoms with Crippen LogP contribution in [0.3, 0.4) is 0 Å². The molecule has 0 aromatic rings. The van der Waals surface area contributed by atoms with Crippen LogP contribution in [0.1, 0.15) is 71.6 Å². The quantitative estimate of drug-likeness (QED) is 0.665. The molecule has 94 valence electrons. The monoisotopic (exact) mass is 223 g/mol. The SMILES string of the molecule is CC1CC(C)CC(N)(C2CCCCCC2)C1. The summed E-state index contributed by atoms with van der Waals surface area (Å²) in [7, 11) is 0. The van der Waals surface area contributed by atoms with Crippen molar-refractivity contribution in [1.29, 1.82) is 0 Å². The molecule has 2 fully saturated rings. The summed E-state index contributed by atoms with van der Waals surface area (Å²) in [6.45, 7) is 4.79. The molecular weight excluding hydrogens is 194 g/mol. The number of nitrogens with two attached hydrogens (primary N) is 1. The van der Waals surface area contributed by atoms with Crippen LogP contribution in [0, 0.1) is 17.8 Å². The molecule has 0 amide bonds. The molecule has 0 aromatic carbocycles. The third-order valence-corrected chi connectivity index (χ3v) is 4.93. The lowest BCUT2D eigenvalue weighted by Gasteiger charge is -2.45. The fraction of sp³-hybridized carbons (Fsp3) is 1.00. The second-order valence-electron chi connectivity index (χ2n) is 6.78. The smallest absolute Gasteiger partial charge is 0.0187 e. The predicted molar refractivity (Wildman–Crippen MR) is 70.3 cm³/mol. The van der Waals surface area contributed by atoms with Crippen molar-refractivity contribution in [2.75, 3.05) is 0 Å². The Bertz CT molecular complexity index is 205. The van der Waals surface area contributed by atoms with E-state index in [1.54, 1.807) is 0 Å². The van der Waals surface area contributed by atoms with Crippen molar-refractivity contribution in [2.24, 2.45) is 23.5 Å². The van der Waals surface area contributed by atoms with Gasteiger partial charge in [0.15, 0.2) is 0 Å². The molecule has 0 bridgehead atoms. The largest absolute Gasteiger partial charge is 0.325 e. The number of hydrogen-bond donors (Lipinski definition) is 1. The number of rotatable bonds is 1. The second kappa shape index (κ2) is 5.08. The Morgan fingerprint density at radius 2 is 1.38 bits per heavy atom. The van der Waals surface area contributed by atoms with Crippen LogP contribution >= 0.6 is 0 Å². The van der Waals surface area contributed by atoms with E-state index >= 15 is 0 Å². The minimum Gasteiger partial charge on any atom is -0.325 e. The average Bonchev–Trinajstić information content (AvgIpc) is 2.43. The highest BCUT2D eigenvalue weighted by Gasteiger charge is 2.40. The zero-order chi connectivity index (χ0) is 11.6. The van der Waals surface area contributed by atoms with E-state index in [0.717, 1.165) is 17.8 Å². The van der Waals surface area contributed by atoms with Gasteiger partial charge < -0.3 is 5.73 Å². The fourth-order valence-electron chi connectivity index (χ4n) is 4.42. The zero-order valence-corrected chi connectivity index (χ0v) is 11.2. The molecule has 0 saturated heterocycles. The van der Waals surface area contributed by atoms with Gasteiger partial charge in [-0.25, -0.2) is 0 Å². The summed E-state index contributed by atoms with van der Waals surface area (Å²) in [4.78, 5) is 0. The van der Waals surface area contributed by atoms with Crippen LogP contribution in [0.25, 0.3) is 0 Å². The van der Waals surface area contributed by atoms with Crippen LogP contribution in [0.5, 0.6) is 0 Å². The molecule has 2 N–H and O–H groups in total. The summed E-state index contributed by atoms with van der Waals surface area (Å²) in [6, 6.07) is 0. The van der Waals surface area contributed by atoms with Crippen molar-refractivity contribution in [3.05, 3.63) is 0 Å². The highest BCUT2D eigenvalue weighted by molar-refractivity contribution is 4.97. The first-order chi connectivity index (χ1) is 7.60. The molecule has 0 spiro atoms. The van der Waals surface area contributed by atoms with E-state index in [9.17, 15) is 0 Å². The van der Waals surface area contributed by atoms with Gasteiger partial charge in [0.05, 0.1) is 0 Å². The van der Waals surface area contributed by atoms with Crippen molar-refractivity contribution in [1.82, 2.24) is 0 Å². The number of hydrogen-bond acceptors (Lipinski definition) is 1. The molecule has 2 rings (SSSR count). The molecular formula is C15H29N. The lowest BCUT2D eigenvalue weighted by molar-refractivity contribution is 0.112. The minimum atomic E-state index is 0.182. The molecule has 0 aliphatic heterocycles.